The van der Waals surface area contributed by atoms with Crippen molar-refractivity contribution in [2.24, 2.45) is 0 Å². The summed E-state index contributed by atoms with van der Waals surface area (Å²) in [5.41, 5.74) is 1.07. The summed E-state index contributed by atoms with van der Waals surface area (Å²) >= 11 is 0. The predicted molar refractivity (Wildman–Crippen MR) is 53.8 cm³/mol. The normalized spacial score (nSPS) is 12.7. The maximum atomic E-state index is 8.88. The van der Waals surface area contributed by atoms with Gasteiger partial charge in [0, 0.05) is 20.1 Å². The highest BCUT2D eigenvalue weighted by Crippen LogP contribution is 2.20. The van der Waals surface area contributed by atoms with Crippen LogP contribution in [0.4, 0.5) is 0 Å². The Labute approximate surface area is 84.3 Å². The second-order valence-corrected chi connectivity index (χ2v) is 2.98. The molecule has 0 amide bonds. The number of aliphatic hydroxyl groups excluding tert-OH is 1. The van der Waals surface area contributed by atoms with E-state index in [9.17, 15) is 0 Å². The van der Waals surface area contributed by atoms with Gasteiger partial charge in [0.25, 0.3) is 0 Å². The molecule has 78 valence electrons. The van der Waals surface area contributed by atoms with Crippen LogP contribution in [0.5, 0.6) is 0 Å². The Morgan fingerprint density at radius 1 is 1.29 bits per heavy atom. The molecule has 0 aliphatic heterocycles. The van der Waals surface area contributed by atoms with E-state index in [1.807, 2.05) is 30.3 Å². The largest absolute Gasteiger partial charge is 0.396 e. The van der Waals surface area contributed by atoms with Crippen LogP contribution in [-0.2, 0) is 9.47 Å². The topological polar surface area (TPSA) is 38.7 Å². The summed E-state index contributed by atoms with van der Waals surface area (Å²) < 4.78 is 10.3. The third kappa shape index (κ3) is 3.46. The third-order valence-corrected chi connectivity index (χ3v) is 1.95. The van der Waals surface area contributed by atoms with Crippen LogP contribution in [0.3, 0.4) is 0 Å². The first-order chi connectivity index (χ1) is 6.88. The van der Waals surface area contributed by atoms with Crippen LogP contribution in [0.25, 0.3) is 0 Å². The number of hydrogen-bond acceptors (Lipinski definition) is 3. The van der Waals surface area contributed by atoms with E-state index in [0.717, 1.165) is 5.56 Å². The smallest absolute Gasteiger partial charge is 0.147 e. The SMILES string of the molecule is COCO[C@H](CCO)c1ccccc1. The van der Waals surface area contributed by atoms with Crippen LogP contribution in [0.2, 0.25) is 0 Å². The number of aliphatic hydroxyl groups is 1. The lowest BCUT2D eigenvalue weighted by molar-refractivity contribution is -0.0793. The standard InChI is InChI=1S/C11H16O3/c1-13-9-14-11(7-8-12)10-5-3-2-4-6-10/h2-6,11-12H,7-9H2,1H3/t11-/m1/s1. The first kappa shape index (κ1) is 11.2. The number of rotatable bonds is 6. The summed E-state index contributed by atoms with van der Waals surface area (Å²) in [6.45, 7) is 0.364. The average molecular weight is 196 g/mol. The molecule has 0 aromatic heterocycles. The molecule has 0 radical (unpaired) electrons. The fourth-order valence-electron chi connectivity index (χ4n) is 1.28. The minimum Gasteiger partial charge on any atom is -0.396 e. The van der Waals surface area contributed by atoms with Gasteiger partial charge in [0.2, 0.25) is 0 Å². The lowest BCUT2D eigenvalue weighted by Crippen LogP contribution is -2.08. The van der Waals surface area contributed by atoms with E-state index in [1.54, 1.807) is 7.11 Å². The molecule has 1 aromatic rings. The number of methoxy groups -OCH3 is 1. The van der Waals surface area contributed by atoms with Crippen LogP contribution in [0.1, 0.15) is 18.1 Å². The molecule has 14 heavy (non-hydrogen) atoms. The Bertz CT molecular complexity index is 236. The van der Waals surface area contributed by atoms with E-state index in [-0.39, 0.29) is 19.5 Å². The van der Waals surface area contributed by atoms with Crippen LogP contribution in [-0.4, -0.2) is 25.6 Å². The van der Waals surface area contributed by atoms with Crippen molar-refractivity contribution in [2.75, 3.05) is 20.5 Å². The van der Waals surface area contributed by atoms with Gasteiger partial charge in [0.15, 0.2) is 0 Å². The molecule has 0 aliphatic rings. The van der Waals surface area contributed by atoms with Crippen LogP contribution in [0, 0.1) is 0 Å². The molecule has 0 bridgehead atoms. The summed E-state index contributed by atoms with van der Waals surface area (Å²) in [7, 11) is 1.58. The Kier molecular flexibility index (Phi) is 5.22. The zero-order valence-electron chi connectivity index (χ0n) is 8.35. The van der Waals surface area contributed by atoms with Gasteiger partial charge < -0.3 is 14.6 Å². The molecular formula is C11H16O3. The minimum absolute atomic E-state index is 0.0823. The van der Waals surface area contributed by atoms with Crippen molar-refractivity contribution < 1.29 is 14.6 Å². The first-order valence-corrected chi connectivity index (χ1v) is 4.65. The Morgan fingerprint density at radius 3 is 2.57 bits per heavy atom. The van der Waals surface area contributed by atoms with Crippen molar-refractivity contribution >= 4 is 0 Å². The quantitative estimate of drug-likeness (QED) is 0.704. The molecule has 0 saturated heterocycles. The third-order valence-electron chi connectivity index (χ3n) is 1.95. The summed E-state index contributed by atoms with van der Waals surface area (Å²) in [6, 6.07) is 9.83. The zero-order valence-corrected chi connectivity index (χ0v) is 8.35. The monoisotopic (exact) mass is 196 g/mol. The van der Waals surface area contributed by atoms with Gasteiger partial charge in [-0.1, -0.05) is 30.3 Å². The van der Waals surface area contributed by atoms with Gasteiger partial charge in [-0.3, -0.25) is 0 Å². The van der Waals surface area contributed by atoms with E-state index in [1.165, 1.54) is 0 Å². The summed E-state index contributed by atoms with van der Waals surface area (Å²) in [6.07, 6.45) is 0.508. The average Bonchev–Trinajstić information content (AvgIpc) is 2.25. The molecule has 1 rings (SSSR count). The molecule has 0 aliphatic carbocycles. The Balaban J connectivity index is 2.58. The molecule has 1 aromatic carbocycles. The van der Waals surface area contributed by atoms with Crippen molar-refractivity contribution in [1.29, 1.82) is 0 Å². The summed E-state index contributed by atoms with van der Waals surface area (Å²) in [5.74, 6) is 0. The van der Waals surface area contributed by atoms with Gasteiger partial charge in [0.1, 0.15) is 6.79 Å². The van der Waals surface area contributed by atoms with Gasteiger partial charge >= 0.3 is 0 Å². The highest BCUT2D eigenvalue weighted by Gasteiger charge is 2.10. The van der Waals surface area contributed by atoms with E-state index in [0.29, 0.717) is 6.42 Å². The fraction of sp³-hybridized carbons (Fsp3) is 0.455. The molecule has 3 nitrogen and oxygen atoms in total. The molecule has 3 heteroatoms. The molecule has 0 saturated carbocycles. The maximum Gasteiger partial charge on any atom is 0.147 e. The number of benzene rings is 1. The van der Waals surface area contributed by atoms with Crippen molar-refractivity contribution in [3.8, 4) is 0 Å². The van der Waals surface area contributed by atoms with Crippen molar-refractivity contribution in [3.63, 3.8) is 0 Å². The molecule has 0 fully saturated rings. The van der Waals surface area contributed by atoms with Gasteiger partial charge in [-0.15, -0.1) is 0 Å². The van der Waals surface area contributed by atoms with Gasteiger partial charge in [-0.2, -0.15) is 0 Å². The van der Waals surface area contributed by atoms with E-state index in [4.69, 9.17) is 14.6 Å². The first-order valence-electron chi connectivity index (χ1n) is 4.65. The molecule has 0 heterocycles. The highest BCUT2D eigenvalue weighted by atomic mass is 16.7. The maximum absolute atomic E-state index is 8.88. The molecule has 0 unspecified atom stereocenters. The highest BCUT2D eigenvalue weighted by molar-refractivity contribution is 5.17. The van der Waals surface area contributed by atoms with Gasteiger partial charge in [0.05, 0.1) is 6.10 Å². The second-order valence-electron chi connectivity index (χ2n) is 2.98. The van der Waals surface area contributed by atoms with Crippen LogP contribution >= 0.6 is 0 Å². The molecule has 1 atom stereocenters. The molecule has 0 spiro atoms. The van der Waals surface area contributed by atoms with Crippen LogP contribution in [0.15, 0.2) is 30.3 Å². The lowest BCUT2D eigenvalue weighted by Gasteiger charge is -2.16. The van der Waals surface area contributed by atoms with Gasteiger partial charge in [-0.05, 0) is 5.56 Å². The number of ether oxygens (including phenoxy) is 2. The fourth-order valence-corrected chi connectivity index (χ4v) is 1.28. The summed E-state index contributed by atoms with van der Waals surface area (Å²) in [5, 5.41) is 8.88. The van der Waals surface area contributed by atoms with Crippen molar-refractivity contribution in [1.82, 2.24) is 0 Å². The van der Waals surface area contributed by atoms with Crippen molar-refractivity contribution in [3.05, 3.63) is 35.9 Å². The second kappa shape index (κ2) is 6.54. The minimum atomic E-state index is -0.0823. The summed E-state index contributed by atoms with van der Waals surface area (Å²) in [4.78, 5) is 0. The van der Waals surface area contributed by atoms with E-state index < -0.39 is 0 Å². The van der Waals surface area contributed by atoms with E-state index >= 15 is 0 Å². The Hall–Kier alpha value is -0.900. The van der Waals surface area contributed by atoms with Gasteiger partial charge in [-0.25, -0.2) is 0 Å². The van der Waals surface area contributed by atoms with E-state index in [2.05, 4.69) is 0 Å². The molecular weight excluding hydrogens is 180 g/mol. The van der Waals surface area contributed by atoms with Crippen molar-refractivity contribution in [2.45, 2.75) is 12.5 Å². The van der Waals surface area contributed by atoms with Crippen LogP contribution < -0.4 is 0 Å². The predicted octanol–water partition coefficient (Wildman–Crippen LogP) is 1.73. The molecule has 1 N–H and O–H groups in total. The lowest BCUT2D eigenvalue weighted by atomic mass is 10.1. The zero-order chi connectivity index (χ0) is 10.2. The Morgan fingerprint density at radius 2 is 2.00 bits per heavy atom. The number of hydrogen-bond donors (Lipinski definition) is 1.